The van der Waals surface area contributed by atoms with Crippen LogP contribution in [0.1, 0.15) is 30.0 Å². The molecule has 0 aliphatic carbocycles. The lowest BCUT2D eigenvalue weighted by atomic mass is 9.99. The Kier molecular flexibility index (Phi) is 5.42. The molecule has 2 aromatic rings. The van der Waals surface area contributed by atoms with Crippen molar-refractivity contribution >= 4 is 10.0 Å². The Bertz CT molecular complexity index is 819. The largest absolute Gasteiger partial charge is 0.492 e. The van der Waals surface area contributed by atoms with Gasteiger partial charge in [-0.25, -0.2) is 13.6 Å². The van der Waals surface area contributed by atoms with Crippen LogP contribution in [0.15, 0.2) is 53.4 Å². The minimum absolute atomic E-state index is 0.0963. The molecule has 5 nitrogen and oxygen atoms in total. The van der Waals surface area contributed by atoms with Crippen LogP contribution in [-0.4, -0.2) is 33.0 Å². The first-order chi connectivity index (χ1) is 11.9. The van der Waals surface area contributed by atoms with Gasteiger partial charge in [0.15, 0.2) is 0 Å². The van der Waals surface area contributed by atoms with Gasteiger partial charge in [-0.3, -0.25) is 4.90 Å². The normalized spacial score (nSPS) is 18.4. The summed E-state index contributed by atoms with van der Waals surface area (Å²) in [7, 11) is -3.66. The highest BCUT2D eigenvalue weighted by atomic mass is 32.2. The molecule has 0 saturated carbocycles. The first kappa shape index (κ1) is 17.9. The third kappa shape index (κ3) is 4.39. The maximum atomic E-state index is 11.3. The molecule has 0 aromatic heterocycles. The number of aryl methyl sites for hydroxylation is 1. The van der Waals surface area contributed by atoms with E-state index in [1.54, 1.807) is 12.1 Å². The molecule has 2 N–H and O–H groups in total. The molecule has 0 spiro atoms. The van der Waals surface area contributed by atoms with Crippen molar-refractivity contribution in [3.05, 3.63) is 59.7 Å². The van der Waals surface area contributed by atoms with Crippen LogP contribution in [-0.2, 0) is 10.0 Å². The van der Waals surface area contributed by atoms with E-state index in [1.807, 2.05) is 0 Å². The second kappa shape index (κ2) is 7.56. The standard InChI is InChI=1S/C19H24N2O3S/c1-15-5-2-3-6-18(15)19-7-4-12-21(19)13-14-24-16-8-10-17(11-9-16)25(20,22)23/h2-3,5-6,8-11,19H,4,7,12-14H2,1H3,(H2,20,22,23). The Morgan fingerprint density at radius 3 is 2.56 bits per heavy atom. The quantitative estimate of drug-likeness (QED) is 0.860. The molecule has 2 aromatic carbocycles. The molecule has 1 aliphatic heterocycles. The molecular formula is C19H24N2O3S. The van der Waals surface area contributed by atoms with Gasteiger partial charge in [0.25, 0.3) is 0 Å². The van der Waals surface area contributed by atoms with E-state index in [9.17, 15) is 8.42 Å². The maximum Gasteiger partial charge on any atom is 0.238 e. The molecule has 0 radical (unpaired) electrons. The second-order valence-corrected chi connectivity index (χ2v) is 7.98. The molecule has 3 rings (SSSR count). The number of likely N-dealkylation sites (tertiary alicyclic amines) is 1. The van der Waals surface area contributed by atoms with Gasteiger partial charge in [0.2, 0.25) is 10.0 Å². The molecule has 1 fully saturated rings. The summed E-state index contributed by atoms with van der Waals surface area (Å²) in [5.74, 6) is 0.652. The number of nitrogens with two attached hydrogens (primary N) is 1. The lowest BCUT2D eigenvalue weighted by Gasteiger charge is -2.26. The molecule has 134 valence electrons. The highest BCUT2D eigenvalue weighted by molar-refractivity contribution is 7.89. The van der Waals surface area contributed by atoms with Crippen molar-refractivity contribution in [2.45, 2.75) is 30.7 Å². The number of primary sulfonamides is 1. The lowest BCUT2D eigenvalue weighted by molar-refractivity contribution is 0.197. The van der Waals surface area contributed by atoms with Gasteiger partial charge in [-0.15, -0.1) is 0 Å². The first-order valence-corrected chi connectivity index (χ1v) is 10.0. The van der Waals surface area contributed by atoms with Gasteiger partial charge in [-0.1, -0.05) is 24.3 Å². The van der Waals surface area contributed by atoms with Gasteiger partial charge in [-0.2, -0.15) is 0 Å². The predicted octanol–water partition coefficient (Wildman–Crippen LogP) is 2.86. The smallest absolute Gasteiger partial charge is 0.238 e. The van der Waals surface area contributed by atoms with Crippen molar-refractivity contribution < 1.29 is 13.2 Å². The van der Waals surface area contributed by atoms with Gasteiger partial charge < -0.3 is 4.74 Å². The predicted molar refractivity (Wildman–Crippen MR) is 98.0 cm³/mol. The van der Waals surface area contributed by atoms with E-state index >= 15 is 0 Å². The maximum absolute atomic E-state index is 11.3. The number of hydrogen-bond acceptors (Lipinski definition) is 4. The van der Waals surface area contributed by atoms with Crippen molar-refractivity contribution in [2.24, 2.45) is 5.14 Å². The number of hydrogen-bond donors (Lipinski definition) is 1. The van der Waals surface area contributed by atoms with Crippen LogP contribution in [0.5, 0.6) is 5.75 Å². The van der Waals surface area contributed by atoms with E-state index in [0.29, 0.717) is 18.4 Å². The van der Waals surface area contributed by atoms with E-state index in [4.69, 9.17) is 9.88 Å². The Morgan fingerprint density at radius 2 is 1.88 bits per heavy atom. The summed E-state index contributed by atoms with van der Waals surface area (Å²) in [4.78, 5) is 2.56. The van der Waals surface area contributed by atoms with E-state index in [2.05, 4.69) is 36.1 Å². The monoisotopic (exact) mass is 360 g/mol. The summed E-state index contributed by atoms with van der Waals surface area (Å²) in [5, 5.41) is 5.10. The molecule has 1 saturated heterocycles. The van der Waals surface area contributed by atoms with E-state index < -0.39 is 10.0 Å². The fraction of sp³-hybridized carbons (Fsp3) is 0.368. The number of sulfonamides is 1. The third-order valence-corrected chi connectivity index (χ3v) is 5.64. The van der Waals surface area contributed by atoms with Gasteiger partial charge in [0.1, 0.15) is 12.4 Å². The van der Waals surface area contributed by atoms with Crippen molar-refractivity contribution in [3.63, 3.8) is 0 Å². The van der Waals surface area contributed by atoms with Crippen molar-refractivity contribution in [3.8, 4) is 5.75 Å². The van der Waals surface area contributed by atoms with Crippen LogP contribution in [0.25, 0.3) is 0 Å². The van der Waals surface area contributed by atoms with Crippen molar-refractivity contribution in [1.82, 2.24) is 4.90 Å². The fourth-order valence-corrected chi connectivity index (χ4v) is 3.93. The number of ether oxygens (including phenoxy) is 1. The summed E-state index contributed by atoms with van der Waals surface area (Å²) in [6.45, 7) is 4.65. The fourth-order valence-electron chi connectivity index (χ4n) is 3.41. The number of benzene rings is 2. The SMILES string of the molecule is Cc1ccccc1C1CCCN1CCOc1ccc(S(N)(=O)=O)cc1. The van der Waals surface area contributed by atoms with E-state index in [1.165, 1.54) is 36.1 Å². The molecule has 25 heavy (non-hydrogen) atoms. The van der Waals surface area contributed by atoms with Crippen molar-refractivity contribution in [1.29, 1.82) is 0 Å². The van der Waals surface area contributed by atoms with Gasteiger partial charge in [0.05, 0.1) is 4.90 Å². The Hall–Kier alpha value is -1.89. The van der Waals surface area contributed by atoms with Gasteiger partial charge in [0, 0.05) is 12.6 Å². The Labute approximate surface area is 149 Å². The molecule has 0 amide bonds. The molecule has 1 atom stereocenters. The zero-order chi connectivity index (χ0) is 17.9. The summed E-state index contributed by atoms with van der Waals surface area (Å²) >= 11 is 0. The van der Waals surface area contributed by atoms with Crippen LogP contribution in [0.3, 0.4) is 0 Å². The summed E-state index contributed by atoms with van der Waals surface area (Å²) < 4.78 is 28.3. The summed E-state index contributed by atoms with van der Waals surface area (Å²) in [5.41, 5.74) is 2.73. The van der Waals surface area contributed by atoms with Crippen molar-refractivity contribution in [2.75, 3.05) is 19.7 Å². The zero-order valence-electron chi connectivity index (χ0n) is 14.4. The Morgan fingerprint density at radius 1 is 1.16 bits per heavy atom. The van der Waals surface area contributed by atoms with Crippen LogP contribution in [0.4, 0.5) is 0 Å². The number of rotatable bonds is 6. The molecule has 0 bridgehead atoms. The van der Waals surface area contributed by atoms with Gasteiger partial charge in [-0.05, 0) is 61.7 Å². The van der Waals surface area contributed by atoms with Crippen LogP contribution < -0.4 is 9.88 Å². The molecule has 1 unspecified atom stereocenters. The second-order valence-electron chi connectivity index (χ2n) is 6.42. The minimum Gasteiger partial charge on any atom is -0.492 e. The van der Waals surface area contributed by atoms with Crippen LogP contribution in [0, 0.1) is 6.92 Å². The molecule has 6 heteroatoms. The molecule has 1 aliphatic rings. The lowest BCUT2D eigenvalue weighted by Crippen LogP contribution is -2.28. The minimum atomic E-state index is -3.66. The van der Waals surface area contributed by atoms with Crippen LogP contribution in [0.2, 0.25) is 0 Å². The Balaban J connectivity index is 1.57. The molecular weight excluding hydrogens is 336 g/mol. The topological polar surface area (TPSA) is 72.6 Å². The summed E-state index contributed by atoms with van der Waals surface area (Å²) in [6.07, 6.45) is 2.37. The van der Waals surface area contributed by atoms with E-state index in [-0.39, 0.29) is 4.90 Å². The highest BCUT2D eigenvalue weighted by Gasteiger charge is 2.26. The first-order valence-electron chi connectivity index (χ1n) is 8.50. The third-order valence-electron chi connectivity index (χ3n) is 4.71. The number of nitrogens with zero attached hydrogens (tertiary/aromatic N) is 1. The van der Waals surface area contributed by atoms with Crippen LogP contribution >= 0.6 is 0 Å². The molecule has 1 heterocycles. The average molecular weight is 360 g/mol. The van der Waals surface area contributed by atoms with E-state index in [0.717, 1.165) is 13.1 Å². The van der Waals surface area contributed by atoms with Gasteiger partial charge >= 0.3 is 0 Å². The summed E-state index contributed by atoms with van der Waals surface area (Å²) in [6, 6.07) is 15.2. The average Bonchev–Trinajstić information content (AvgIpc) is 3.03. The highest BCUT2D eigenvalue weighted by Crippen LogP contribution is 2.33. The zero-order valence-corrected chi connectivity index (χ0v) is 15.2.